The van der Waals surface area contributed by atoms with Crippen molar-refractivity contribution in [2.24, 2.45) is 0 Å². The Morgan fingerprint density at radius 1 is 1.09 bits per heavy atom. The maximum atomic E-state index is 6.33. The molecule has 3 rings (SSSR count). The minimum Gasteiger partial charge on any atom is -0.383 e. The highest BCUT2D eigenvalue weighted by atomic mass is 35.5. The summed E-state index contributed by atoms with van der Waals surface area (Å²) in [6, 6.07) is 11.9. The van der Waals surface area contributed by atoms with Crippen molar-refractivity contribution in [3.8, 4) is 0 Å². The Labute approximate surface area is 139 Å². The number of anilines is 3. The third kappa shape index (κ3) is 3.14. The van der Waals surface area contributed by atoms with Gasteiger partial charge in [0, 0.05) is 19.0 Å². The number of aromatic nitrogens is 2. The SMILES string of the molecule is Cc1ccc(N(C)Cc2ccc3nc(N)nc(N)c3c2)c(Cl)c1. The van der Waals surface area contributed by atoms with E-state index in [1.165, 1.54) is 0 Å². The van der Waals surface area contributed by atoms with E-state index in [4.69, 9.17) is 23.1 Å². The van der Waals surface area contributed by atoms with Gasteiger partial charge in [0.2, 0.25) is 5.95 Å². The summed E-state index contributed by atoms with van der Waals surface area (Å²) in [5, 5.41) is 1.55. The molecule has 0 radical (unpaired) electrons. The molecule has 0 amide bonds. The van der Waals surface area contributed by atoms with Gasteiger partial charge in [0.1, 0.15) is 5.82 Å². The Bertz CT molecular complexity index is 878. The van der Waals surface area contributed by atoms with E-state index in [9.17, 15) is 0 Å². The molecule has 0 aliphatic heterocycles. The summed E-state index contributed by atoms with van der Waals surface area (Å²) in [5.74, 6) is 0.580. The molecule has 0 saturated carbocycles. The summed E-state index contributed by atoms with van der Waals surface area (Å²) in [6.45, 7) is 2.72. The third-order valence-electron chi connectivity index (χ3n) is 3.74. The zero-order chi connectivity index (χ0) is 16.6. The molecule has 0 aliphatic carbocycles. The summed E-state index contributed by atoms with van der Waals surface area (Å²) in [6.07, 6.45) is 0. The number of hydrogen-bond donors (Lipinski definition) is 2. The Morgan fingerprint density at radius 3 is 2.61 bits per heavy atom. The van der Waals surface area contributed by atoms with Crippen LogP contribution in [0.15, 0.2) is 36.4 Å². The molecular weight excluding hydrogens is 310 g/mol. The molecule has 0 saturated heterocycles. The topological polar surface area (TPSA) is 81.1 Å². The van der Waals surface area contributed by atoms with Gasteiger partial charge in [0.15, 0.2) is 0 Å². The number of nitrogens with zero attached hydrogens (tertiary/aromatic N) is 3. The zero-order valence-electron chi connectivity index (χ0n) is 13.0. The van der Waals surface area contributed by atoms with Gasteiger partial charge in [-0.05, 0) is 42.3 Å². The van der Waals surface area contributed by atoms with Crippen LogP contribution in [0.3, 0.4) is 0 Å². The van der Waals surface area contributed by atoms with Gasteiger partial charge in [-0.2, -0.15) is 4.98 Å². The Kier molecular flexibility index (Phi) is 3.96. The number of aryl methyl sites for hydroxylation is 1. The molecule has 5 nitrogen and oxygen atoms in total. The normalized spacial score (nSPS) is 10.9. The lowest BCUT2D eigenvalue weighted by Gasteiger charge is -2.21. The molecule has 118 valence electrons. The van der Waals surface area contributed by atoms with Crippen LogP contribution in [0.1, 0.15) is 11.1 Å². The molecule has 3 aromatic rings. The van der Waals surface area contributed by atoms with Crippen molar-refractivity contribution in [3.63, 3.8) is 0 Å². The Morgan fingerprint density at radius 2 is 1.87 bits per heavy atom. The van der Waals surface area contributed by atoms with Gasteiger partial charge >= 0.3 is 0 Å². The summed E-state index contributed by atoms with van der Waals surface area (Å²) in [4.78, 5) is 10.3. The molecule has 0 atom stereocenters. The molecule has 0 bridgehead atoms. The predicted octanol–water partition coefficient (Wildman–Crippen LogP) is 3.39. The van der Waals surface area contributed by atoms with E-state index in [0.717, 1.165) is 32.7 Å². The molecule has 1 heterocycles. The number of nitrogens with two attached hydrogens (primary N) is 2. The first-order valence-corrected chi connectivity index (χ1v) is 7.61. The standard InChI is InChI=1S/C17H18ClN5/c1-10-3-6-15(13(18)7-10)23(2)9-11-4-5-14-12(8-11)16(19)22-17(20)21-14/h3-8H,9H2,1-2H3,(H4,19,20,21,22). The Hall–Kier alpha value is -2.53. The second-order valence-corrected chi connectivity index (χ2v) is 6.04. The van der Waals surface area contributed by atoms with Crippen LogP contribution in [-0.2, 0) is 6.54 Å². The largest absolute Gasteiger partial charge is 0.383 e. The van der Waals surface area contributed by atoms with Crippen LogP contribution in [-0.4, -0.2) is 17.0 Å². The maximum absolute atomic E-state index is 6.33. The first-order chi connectivity index (χ1) is 10.9. The van der Waals surface area contributed by atoms with Crippen molar-refractivity contribution < 1.29 is 0 Å². The Balaban J connectivity index is 1.91. The maximum Gasteiger partial charge on any atom is 0.222 e. The fraction of sp³-hybridized carbons (Fsp3) is 0.176. The van der Waals surface area contributed by atoms with Crippen molar-refractivity contribution in [2.45, 2.75) is 13.5 Å². The summed E-state index contributed by atoms with van der Waals surface area (Å²) < 4.78 is 0. The molecule has 1 aromatic heterocycles. The monoisotopic (exact) mass is 327 g/mol. The smallest absolute Gasteiger partial charge is 0.222 e. The van der Waals surface area contributed by atoms with Crippen LogP contribution in [0, 0.1) is 6.92 Å². The number of halogens is 1. The molecule has 0 aliphatic rings. The molecule has 0 spiro atoms. The average molecular weight is 328 g/mol. The van der Waals surface area contributed by atoms with Gasteiger partial charge in [-0.25, -0.2) is 4.98 Å². The molecule has 4 N–H and O–H groups in total. The molecule has 0 fully saturated rings. The summed E-state index contributed by atoms with van der Waals surface area (Å²) in [5.41, 5.74) is 15.5. The second-order valence-electron chi connectivity index (χ2n) is 5.63. The lowest BCUT2D eigenvalue weighted by molar-refractivity contribution is 0.924. The van der Waals surface area contributed by atoms with Crippen LogP contribution in [0.5, 0.6) is 0 Å². The molecule has 0 unspecified atom stereocenters. The average Bonchev–Trinajstić information content (AvgIpc) is 2.47. The molecule has 2 aromatic carbocycles. The minimum absolute atomic E-state index is 0.186. The number of benzene rings is 2. The third-order valence-corrected chi connectivity index (χ3v) is 4.04. The zero-order valence-corrected chi connectivity index (χ0v) is 13.8. The fourth-order valence-corrected chi connectivity index (χ4v) is 2.98. The van der Waals surface area contributed by atoms with Crippen LogP contribution in [0.2, 0.25) is 5.02 Å². The minimum atomic E-state index is 0.186. The van der Waals surface area contributed by atoms with E-state index in [0.29, 0.717) is 12.4 Å². The first-order valence-electron chi connectivity index (χ1n) is 7.23. The molecule has 23 heavy (non-hydrogen) atoms. The number of rotatable bonds is 3. The highest BCUT2D eigenvalue weighted by Crippen LogP contribution is 2.28. The van der Waals surface area contributed by atoms with E-state index in [-0.39, 0.29) is 5.95 Å². The van der Waals surface area contributed by atoms with E-state index >= 15 is 0 Å². The van der Waals surface area contributed by atoms with Crippen molar-refractivity contribution >= 4 is 40.0 Å². The van der Waals surface area contributed by atoms with Gasteiger partial charge in [-0.15, -0.1) is 0 Å². The van der Waals surface area contributed by atoms with Gasteiger partial charge in [0.25, 0.3) is 0 Å². The number of nitrogen functional groups attached to an aromatic ring is 2. The second kappa shape index (κ2) is 5.93. The lowest BCUT2D eigenvalue weighted by Crippen LogP contribution is -2.16. The summed E-state index contributed by atoms with van der Waals surface area (Å²) >= 11 is 6.33. The van der Waals surface area contributed by atoms with Gasteiger partial charge in [0.05, 0.1) is 16.2 Å². The highest BCUT2D eigenvalue weighted by molar-refractivity contribution is 6.33. The predicted molar refractivity (Wildman–Crippen MR) is 96.7 cm³/mol. The van der Waals surface area contributed by atoms with Gasteiger partial charge in [-0.3, -0.25) is 0 Å². The highest BCUT2D eigenvalue weighted by Gasteiger charge is 2.09. The van der Waals surface area contributed by atoms with E-state index in [1.807, 2.05) is 50.4 Å². The van der Waals surface area contributed by atoms with Crippen LogP contribution in [0.4, 0.5) is 17.5 Å². The van der Waals surface area contributed by atoms with Gasteiger partial charge < -0.3 is 16.4 Å². The molecular formula is C17H18ClN5. The first kappa shape index (κ1) is 15.4. The lowest BCUT2D eigenvalue weighted by atomic mass is 10.1. The van der Waals surface area contributed by atoms with Gasteiger partial charge in [-0.1, -0.05) is 23.7 Å². The van der Waals surface area contributed by atoms with E-state index in [2.05, 4.69) is 14.9 Å². The fourth-order valence-electron chi connectivity index (χ4n) is 2.60. The van der Waals surface area contributed by atoms with Crippen molar-refractivity contribution in [2.75, 3.05) is 23.4 Å². The van der Waals surface area contributed by atoms with Crippen LogP contribution in [0.25, 0.3) is 10.9 Å². The number of fused-ring (bicyclic) bond motifs is 1. The molecule has 6 heteroatoms. The van der Waals surface area contributed by atoms with E-state index < -0.39 is 0 Å². The van der Waals surface area contributed by atoms with Crippen LogP contribution < -0.4 is 16.4 Å². The quantitative estimate of drug-likeness (QED) is 0.770. The number of hydrogen-bond acceptors (Lipinski definition) is 5. The van der Waals surface area contributed by atoms with Crippen molar-refractivity contribution in [1.29, 1.82) is 0 Å². The van der Waals surface area contributed by atoms with E-state index in [1.54, 1.807) is 0 Å². The van der Waals surface area contributed by atoms with Crippen molar-refractivity contribution in [3.05, 3.63) is 52.5 Å². The summed E-state index contributed by atoms with van der Waals surface area (Å²) in [7, 11) is 2.00. The van der Waals surface area contributed by atoms with Crippen LogP contribution >= 0.6 is 11.6 Å². The van der Waals surface area contributed by atoms with Crippen molar-refractivity contribution in [1.82, 2.24) is 9.97 Å².